The molecule has 16 heavy (non-hydrogen) atoms. The van der Waals surface area contributed by atoms with E-state index in [4.69, 9.17) is 5.11 Å². The van der Waals surface area contributed by atoms with Gasteiger partial charge in [-0.25, -0.2) is 0 Å². The van der Waals surface area contributed by atoms with Crippen LogP contribution >= 0.6 is 0 Å². The van der Waals surface area contributed by atoms with Gasteiger partial charge in [0, 0.05) is 12.6 Å². The second-order valence-corrected chi connectivity index (χ2v) is 5.49. The summed E-state index contributed by atoms with van der Waals surface area (Å²) in [6.45, 7) is 9.55. The predicted octanol–water partition coefficient (Wildman–Crippen LogP) is 1.42. The summed E-state index contributed by atoms with van der Waals surface area (Å²) in [5.74, 6) is -0.778. The van der Waals surface area contributed by atoms with Crippen molar-refractivity contribution >= 4 is 5.97 Å². The van der Waals surface area contributed by atoms with E-state index in [1.807, 2.05) is 7.05 Å². The third kappa shape index (κ3) is 4.94. The van der Waals surface area contributed by atoms with Gasteiger partial charge in [-0.15, -0.1) is 0 Å². The number of carboxylic acids is 1. The summed E-state index contributed by atoms with van der Waals surface area (Å²) in [5, 5.41) is 11.7. The number of hydrogen-bond donors (Lipinski definition) is 2. The molecule has 0 radical (unpaired) electrons. The number of likely N-dealkylation sites (N-methyl/N-ethyl adjacent to an activating group) is 1. The lowest BCUT2D eigenvalue weighted by atomic mass is 9.87. The summed E-state index contributed by atoms with van der Waals surface area (Å²) in [6.07, 6.45) is 0.628. The normalized spacial score (nSPS) is 16.2. The molecule has 0 spiro atoms. The molecule has 0 aliphatic carbocycles. The average molecular weight is 230 g/mol. The standard InChI is InChI=1S/C12H26N2O2/c1-9(12(2,3)4)14(6)8-7-10(13-5)11(15)16/h9-10,13H,7-8H2,1-6H3,(H,15,16). The zero-order valence-corrected chi connectivity index (χ0v) is 11.4. The molecular weight excluding hydrogens is 204 g/mol. The molecule has 0 bridgehead atoms. The van der Waals surface area contributed by atoms with Gasteiger partial charge in [0.25, 0.3) is 0 Å². The molecule has 2 unspecified atom stereocenters. The van der Waals surface area contributed by atoms with Gasteiger partial charge < -0.3 is 15.3 Å². The molecule has 0 aromatic carbocycles. The summed E-state index contributed by atoms with van der Waals surface area (Å²) in [6, 6.07) is -0.0200. The molecule has 0 aromatic rings. The summed E-state index contributed by atoms with van der Waals surface area (Å²) in [4.78, 5) is 13.0. The summed E-state index contributed by atoms with van der Waals surface area (Å²) in [7, 11) is 3.73. The Labute approximate surface area is 99.0 Å². The van der Waals surface area contributed by atoms with Crippen LogP contribution in [0, 0.1) is 5.41 Å². The zero-order chi connectivity index (χ0) is 12.9. The lowest BCUT2D eigenvalue weighted by molar-refractivity contribution is -0.139. The summed E-state index contributed by atoms with van der Waals surface area (Å²) < 4.78 is 0. The molecule has 2 N–H and O–H groups in total. The van der Waals surface area contributed by atoms with Crippen molar-refractivity contribution in [2.24, 2.45) is 5.41 Å². The molecule has 4 heteroatoms. The zero-order valence-electron chi connectivity index (χ0n) is 11.4. The maximum absolute atomic E-state index is 10.8. The van der Waals surface area contributed by atoms with Crippen LogP contribution < -0.4 is 5.32 Å². The molecular formula is C12H26N2O2. The first kappa shape index (κ1) is 15.4. The van der Waals surface area contributed by atoms with E-state index in [0.717, 1.165) is 6.54 Å². The lowest BCUT2D eigenvalue weighted by Crippen LogP contribution is -2.43. The molecule has 0 amide bonds. The molecule has 0 rings (SSSR count). The minimum absolute atomic E-state index is 0.215. The van der Waals surface area contributed by atoms with E-state index in [2.05, 4.69) is 37.9 Å². The second-order valence-electron chi connectivity index (χ2n) is 5.49. The molecule has 0 saturated carbocycles. The highest BCUT2D eigenvalue weighted by Crippen LogP contribution is 2.23. The number of hydrogen-bond acceptors (Lipinski definition) is 3. The second kappa shape index (κ2) is 6.21. The molecule has 0 aromatic heterocycles. The fraction of sp³-hybridized carbons (Fsp3) is 0.917. The van der Waals surface area contributed by atoms with Crippen LogP contribution in [0.2, 0.25) is 0 Å². The number of carboxylic acid groups (broad SMARTS) is 1. The Kier molecular flexibility index (Phi) is 5.97. The predicted molar refractivity (Wildman–Crippen MR) is 66.6 cm³/mol. The van der Waals surface area contributed by atoms with Crippen molar-refractivity contribution in [2.45, 2.75) is 46.2 Å². The molecule has 0 aliphatic heterocycles. The number of rotatable bonds is 6. The Hall–Kier alpha value is -0.610. The largest absolute Gasteiger partial charge is 0.480 e. The summed E-state index contributed by atoms with van der Waals surface area (Å²) in [5.41, 5.74) is 0.215. The quantitative estimate of drug-likeness (QED) is 0.724. The Bertz CT molecular complexity index is 224. The van der Waals surface area contributed by atoms with Gasteiger partial charge in [-0.2, -0.15) is 0 Å². The van der Waals surface area contributed by atoms with E-state index in [1.54, 1.807) is 7.05 Å². The van der Waals surface area contributed by atoms with Crippen molar-refractivity contribution in [3.63, 3.8) is 0 Å². The van der Waals surface area contributed by atoms with Crippen molar-refractivity contribution in [2.75, 3.05) is 20.6 Å². The third-order valence-corrected chi connectivity index (χ3v) is 3.33. The third-order valence-electron chi connectivity index (χ3n) is 3.33. The van der Waals surface area contributed by atoms with Gasteiger partial charge in [-0.05, 0) is 32.9 Å². The molecule has 0 saturated heterocycles. The first-order valence-electron chi connectivity index (χ1n) is 5.80. The molecule has 0 heterocycles. The van der Waals surface area contributed by atoms with Crippen LogP contribution in [0.15, 0.2) is 0 Å². The van der Waals surface area contributed by atoms with Gasteiger partial charge in [0.1, 0.15) is 6.04 Å². The van der Waals surface area contributed by atoms with E-state index < -0.39 is 12.0 Å². The van der Waals surface area contributed by atoms with Gasteiger partial charge >= 0.3 is 5.97 Å². The van der Waals surface area contributed by atoms with Crippen molar-refractivity contribution in [1.29, 1.82) is 0 Å². The molecule has 0 aliphatic rings. The van der Waals surface area contributed by atoms with Crippen LogP contribution in [0.3, 0.4) is 0 Å². The highest BCUT2D eigenvalue weighted by Gasteiger charge is 2.24. The Morgan fingerprint density at radius 2 is 1.94 bits per heavy atom. The first-order chi connectivity index (χ1) is 7.20. The maximum Gasteiger partial charge on any atom is 0.320 e. The topological polar surface area (TPSA) is 52.6 Å². The maximum atomic E-state index is 10.8. The average Bonchev–Trinajstić information content (AvgIpc) is 2.15. The smallest absolute Gasteiger partial charge is 0.320 e. The monoisotopic (exact) mass is 230 g/mol. The Morgan fingerprint density at radius 1 is 1.44 bits per heavy atom. The van der Waals surface area contributed by atoms with Crippen LogP contribution in [-0.2, 0) is 4.79 Å². The number of nitrogens with zero attached hydrogens (tertiary/aromatic N) is 1. The molecule has 4 nitrogen and oxygen atoms in total. The number of carbonyl (C=O) groups is 1. The Balaban J connectivity index is 4.16. The van der Waals surface area contributed by atoms with E-state index in [-0.39, 0.29) is 5.41 Å². The number of aliphatic carboxylic acids is 1. The van der Waals surface area contributed by atoms with E-state index in [9.17, 15) is 4.79 Å². The molecule has 0 fully saturated rings. The van der Waals surface area contributed by atoms with E-state index in [0.29, 0.717) is 12.5 Å². The van der Waals surface area contributed by atoms with Crippen LogP contribution in [-0.4, -0.2) is 48.7 Å². The van der Waals surface area contributed by atoms with Crippen LogP contribution in [0.1, 0.15) is 34.1 Å². The molecule has 96 valence electrons. The van der Waals surface area contributed by atoms with Gasteiger partial charge in [0.05, 0.1) is 0 Å². The highest BCUT2D eigenvalue weighted by molar-refractivity contribution is 5.73. The van der Waals surface area contributed by atoms with Gasteiger partial charge in [0.2, 0.25) is 0 Å². The van der Waals surface area contributed by atoms with Gasteiger partial charge in [-0.3, -0.25) is 4.79 Å². The van der Waals surface area contributed by atoms with Gasteiger partial charge in [0.15, 0.2) is 0 Å². The lowest BCUT2D eigenvalue weighted by Gasteiger charge is -2.35. The minimum Gasteiger partial charge on any atom is -0.480 e. The Morgan fingerprint density at radius 3 is 2.25 bits per heavy atom. The van der Waals surface area contributed by atoms with Crippen LogP contribution in [0.4, 0.5) is 0 Å². The van der Waals surface area contributed by atoms with Crippen molar-refractivity contribution in [3.8, 4) is 0 Å². The SMILES string of the molecule is CNC(CCN(C)C(C)C(C)(C)C)C(=O)O. The summed E-state index contributed by atoms with van der Waals surface area (Å²) >= 11 is 0. The molecule has 2 atom stereocenters. The highest BCUT2D eigenvalue weighted by atomic mass is 16.4. The van der Waals surface area contributed by atoms with Crippen molar-refractivity contribution < 1.29 is 9.90 Å². The van der Waals surface area contributed by atoms with Crippen molar-refractivity contribution in [3.05, 3.63) is 0 Å². The number of nitrogens with one attached hydrogen (secondary N) is 1. The van der Waals surface area contributed by atoms with Crippen molar-refractivity contribution in [1.82, 2.24) is 10.2 Å². The minimum atomic E-state index is -0.778. The fourth-order valence-corrected chi connectivity index (χ4v) is 1.58. The van der Waals surface area contributed by atoms with Crippen LogP contribution in [0.25, 0.3) is 0 Å². The van der Waals surface area contributed by atoms with Gasteiger partial charge in [-0.1, -0.05) is 20.8 Å². The van der Waals surface area contributed by atoms with E-state index >= 15 is 0 Å². The first-order valence-corrected chi connectivity index (χ1v) is 5.80. The van der Waals surface area contributed by atoms with Crippen LogP contribution in [0.5, 0.6) is 0 Å². The van der Waals surface area contributed by atoms with E-state index in [1.165, 1.54) is 0 Å². The fourth-order valence-electron chi connectivity index (χ4n) is 1.58.